The molecule has 1 aromatic heterocycles. The van der Waals surface area contributed by atoms with Crippen molar-refractivity contribution in [3.8, 4) is 23.1 Å². The zero-order chi connectivity index (χ0) is 27.7. The molecule has 2 aromatic rings. The Morgan fingerprint density at radius 2 is 1.89 bits per heavy atom. The summed E-state index contributed by atoms with van der Waals surface area (Å²) < 4.78 is 84.1. The molecule has 202 valence electrons. The lowest BCUT2D eigenvalue weighted by Crippen LogP contribution is -2.44. The summed E-state index contributed by atoms with van der Waals surface area (Å²) >= 11 is 0. The summed E-state index contributed by atoms with van der Waals surface area (Å²) in [5.41, 5.74) is -2.39. The molecular formula is C23H21F6N6O3+. The molecule has 0 amide bonds. The number of piperidine rings is 1. The smallest absolute Gasteiger partial charge is 0.493 e. The van der Waals surface area contributed by atoms with Crippen molar-refractivity contribution in [3.63, 3.8) is 0 Å². The Morgan fingerprint density at radius 3 is 2.53 bits per heavy atom. The van der Waals surface area contributed by atoms with Crippen molar-refractivity contribution in [3.05, 3.63) is 35.5 Å². The second kappa shape index (κ2) is 10.2. The molecule has 4 rings (SSSR count). The summed E-state index contributed by atoms with van der Waals surface area (Å²) in [6.45, 7) is 1.78. The van der Waals surface area contributed by atoms with Crippen LogP contribution >= 0.6 is 0 Å². The molecular weight excluding hydrogens is 522 g/mol. The molecule has 3 heterocycles. The van der Waals surface area contributed by atoms with E-state index in [-0.39, 0.29) is 35.0 Å². The number of rotatable bonds is 6. The molecule has 0 bridgehead atoms. The molecule has 0 aliphatic carbocycles. The number of nitrogens with zero attached hydrogens (tertiary/aromatic N) is 5. The van der Waals surface area contributed by atoms with Crippen molar-refractivity contribution >= 4 is 17.3 Å². The molecule has 0 saturated carbocycles. The van der Waals surface area contributed by atoms with Gasteiger partial charge in [-0.2, -0.15) is 31.6 Å². The number of fused-ring (bicyclic) bond motifs is 1. The van der Waals surface area contributed by atoms with Gasteiger partial charge in [0.1, 0.15) is 18.9 Å². The highest BCUT2D eigenvalue weighted by Gasteiger charge is 2.51. The number of nitriles is 1. The lowest BCUT2D eigenvalue weighted by atomic mass is 9.95. The van der Waals surface area contributed by atoms with E-state index < -0.39 is 34.3 Å². The predicted molar refractivity (Wildman–Crippen MR) is 119 cm³/mol. The first kappa shape index (κ1) is 27.3. The first-order chi connectivity index (χ1) is 17.8. The van der Waals surface area contributed by atoms with Gasteiger partial charge in [-0.05, 0) is 56.5 Å². The Morgan fingerprint density at radius 1 is 1.18 bits per heavy atom. The summed E-state index contributed by atoms with van der Waals surface area (Å²) in [4.78, 5) is 19.9. The lowest BCUT2D eigenvalue weighted by molar-refractivity contribution is -0.231. The fourth-order valence-corrected chi connectivity index (χ4v) is 4.17. The average molecular weight is 543 g/mol. The Balaban J connectivity index is 1.66. The minimum absolute atomic E-state index is 0.0895. The van der Waals surface area contributed by atoms with Gasteiger partial charge in [0.25, 0.3) is 0 Å². The van der Waals surface area contributed by atoms with Crippen LogP contribution in [0.2, 0.25) is 0 Å². The number of halogens is 6. The number of alkyl halides is 6. The van der Waals surface area contributed by atoms with Crippen LogP contribution < -0.4 is 14.8 Å². The SMILES string of the molecule is C[N+]1(OC(=O)C(F)(F)F)N=Nc2c1cc(-c1ccc(OCCC3CCNCC3)c(C(F)(F)F)c1)nc2C#N. The molecule has 1 atom stereocenters. The summed E-state index contributed by atoms with van der Waals surface area (Å²) in [6, 6.07) is 5.91. The first-order valence-corrected chi connectivity index (χ1v) is 11.4. The summed E-state index contributed by atoms with van der Waals surface area (Å²) in [7, 11) is 0.949. The van der Waals surface area contributed by atoms with E-state index in [4.69, 9.17) is 4.74 Å². The Labute approximate surface area is 212 Å². The van der Waals surface area contributed by atoms with Crippen molar-refractivity contribution in [2.75, 3.05) is 26.7 Å². The van der Waals surface area contributed by atoms with Crippen molar-refractivity contribution < 1.29 is 40.7 Å². The quantitative estimate of drug-likeness (QED) is 0.387. The van der Waals surface area contributed by atoms with Crippen molar-refractivity contribution in [1.82, 2.24) is 15.1 Å². The molecule has 0 spiro atoms. The molecule has 1 unspecified atom stereocenters. The van der Waals surface area contributed by atoms with Crippen molar-refractivity contribution in [1.29, 1.82) is 5.26 Å². The second-order valence-electron chi connectivity index (χ2n) is 8.82. The van der Waals surface area contributed by atoms with Crippen LogP contribution in [0.4, 0.5) is 37.7 Å². The van der Waals surface area contributed by atoms with E-state index in [9.17, 15) is 36.4 Å². The van der Waals surface area contributed by atoms with E-state index in [0.717, 1.165) is 51.2 Å². The van der Waals surface area contributed by atoms with E-state index in [1.165, 1.54) is 6.07 Å². The maximum Gasteiger partial charge on any atom is 0.497 e. The molecule has 1 saturated heterocycles. The number of carbonyl (C=O) groups excluding carboxylic acids is 1. The molecule has 0 radical (unpaired) electrons. The van der Waals surface area contributed by atoms with Crippen LogP contribution in [0.15, 0.2) is 34.6 Å². The summed E-state index contributed by atoms with van der Waals surface area (Å²) in [5.74, 6) is -2.62. The normalized spacial score (nSPS) is 19.6. The highest BCUT2D eigenvalue weighted by atomic mass is 19.4. The van der Waals surface area contributed by atoms with Crippen LogP contribution in [-0.2, 0) is 15.8 Å². The minimum atomic E-state index is -5.35. The molecule has 38 heavy (non-hydrogen) atoms. The third-order valence-corrected chi connectivity index (χ3v) is 6.16. The maximum absolute atomic E-state index is 13.9. The number of nitrogens with one attached hydrogen (secondary N) is 1. The third kappa shape index (κ3) is 5.70. The van der Waals surface area contributed by atoms with E-state index in [2.05, 4.69) is 25.5 Å². The topological polar surface area (TPSA) is 109 Å². The number of pyridine rings is 1. The number of hydroxylamine groups is 1. The van der Waals surface area contributed by atoms with Crippen LogP contribution in [0.3, 0.4) is 0 Å². The van der Waals surface area contributed by atoms with Crippen molar-refractivity contribution in [2.24, 2.45) is 16.3 Å². The number of ether oxygens (including phenoxy) is 1. The fraction of sp³-hybridized carbons (Fsp3) is 0.435. The van der Waals surface area contributed by atoms with Crippen LogP contribution in [0.1, 0.15) is 30.5 Å². The third-order valence-electron chi connectivity index (χ3n) is 6.16. The van der Waals surface area contributed by atoms with Gasteiger partial charge in [-0.1, -0.05) is 5.11 Å². The fourth-order valence-electron chi connectivity index (χ4n) is 4.17. The van der Waals surface area contributed by atoms with E-state index in [1.807, 2.05) is 0 Å². The lowest BCUT2D eigenvalue weighted by Gasteiger charge is -2.23. The van der Waals surface area contributed by atoms with Gasteiger partial charge in [0.2, 0.25) is 5.69 Å². The Bertz CT molecular complexity index is 1300. The van der Waals surface area contributed by atoms with Crippen LogP contribution in [0.5, 0.6) is 5.75 Å². The molecule has 2 aliphatic heterocycles. The van der Waals surface area contributed by atoms with Gasteiger partial charge < -0.3 is 10.1 Å². The van der Waals surface area contributed by atoms with Crippen molar-refractivity contribution in [2.45, 2.75) is 31.6 Å². The molecule has 15 heteroatoms. The Hall–Kier alpha value is -3.77. The molecule has 9 nitrogen and oxygen atoms in total. The standard InChI is InChI=1S/C23H21F6N6O3/c1-35(38-21(36)23(27,28)29)18-11-16(32-17(12-30)20(18)33-34-35)14-2-3-19(15(10-14)22(24,25)26)37-9-6-13-4-7-31-8-5-13/h2-3,10-11,13,31H,4-9H2,1H3/q+1. The van der Waals surface area contributed by atoms with Gasteiger partial charge >= 0.3 is 18.3 Å². The monoisotopic (exact) mass is 543 g/mol. The highest BCUT2D eigenvalue weighted by molar-refractivity contribution is 5.80. The predicted octanol–water partition coefficient (Wildman–Crippen LogP) is 5.38. The minimum Gasteiger partial charge on any atom is -0.493 e. The highest BCUT2D eigenvalue weighted by Crippen LogP contribution is 2.45. The van der Waals surface area contributed by atoms with E-state index in [1.54, 1.807) is 6.07 Å². The van der Waals surface area contributed by atoms with Gasteiger partial charge in [-0.3, -0.25) is 0 Å². The maximum atomic E-state index is 13.9. The average Bonchev–Trinajstić information content (AvgIpc) is 3.19. The number of quaternary nitrogens is 1. The Kier molecular flexibility index (Phi) is 7.31. The second-order valence-corrected chi connectivity index (χ2v) is 8.82. The van der Waals surface area contributed by atoms with Gasteiger partial charge in [0.15, 0.2) is 11.4 Å². The van der Waals surface area contributed by atoms with Crippen LogP contribution in [-0.4, -0.2) is 43.9 Å². The zero-order valence-electron chi connectivity index (χ0n) is 19.9. The van der Waals surface area contributed by atoms with E-state index in [0.29, 0.717) is 12.3 Å². The largest absolute Gasteiger partial charge is 0.497 e. The number of aromatic nitrogens is 1. The molecule has 2 aliphatic rings. The van der Waals surface area contributed by atoms with Crippen LogP contribution in [0, 0.1) is 17.2 Å². The summed E-state index contributed by atoms with van der Waals surface area (Å²) in [5, 5.41) is 19.8. The van der Waals surface area contributed by atoms with E-state index >= 15 is 0 Å². The van der Waals surface area contributed by atoms with Gasteiger partial charge in [-0.15, -0.1) is 0 Å². The number of benzene rings is 1. The molecule has 1 aromatic carbocycles. The van der Waals surface area contributed by atoms with Gasteiger partial charge in [0, 0.05) is 16.4 Å². The van der Waals surface area contributed by atoms with Gasteiger partial charge in [-0.25, -0.2) is 14.6 Å². The zero-order valence-corrected chi connectivity index (χ0v) is 19.9. The molecule has 1 fully saturated rings. The number of carbonyl (C=O) groups is 1. The number of hydrogen-bond donors (Lipinski definition) is 1. The van der Waals surface area contributed by atoms with Crippen LogP contribution in [0.25, 0.3) is 11.3 Å². The van der Waals surface area contributed by atoms with Gasteiger partial charge in [0.05, 0.1) is 23.1 Å². The first-order valence-electron chi connectivity index (χ1n) is 11.4. The molecule has 1 N–H and O–H groups in total. The summed E-state index contributed by atoms with van der Waals surface area (Å²) in [6.07, 6.45) is -7.73. The number of hydrogen-bond acceptors (Lipinski definition) is 8.